The number of thiazole rings is 1. The van der Waals surface area contributed by atoms with Crippen molar-refractivity contribution in [3.05, 3.63) is 63.9 Å². The predicted molar refractivity (Wildman–Crippen MR) is 135 cm³/mol. The Labute approximate surface area is 205 Å². The van der Waals surface area contributed by atoms with E-state index >= 15 is 0 Å². The average molecular weight is 480 g/mol. The van der Waals surface area contributed by atoms with Crippen LogP contribution in [0.3, 0.4) is 0 Å². The number of nitrogens with zero attached hydrogens (tertiary/aromatic N) is 5. The average Bonchev–Trinajstić information content (AvgIpc) is 3.46. The van der Waals surface area contributed by atoms with E-state index in [1.807, 2.05) is 39.0 Å². The van der Waals surface area contributed by atoms with Crippen LogP contribution >= 0.6 is 11.3 Å². The Balaban J connectivity index is 1.64. The highest BCUT2D eigenvalue weighted by Crippen LogP contribution is 2.27. The first-order valence-corrected chi connectivity index (χ1v) is 12.9. The van der Waals surface area contributed by atoms with E-state index in [0.29, 0.717) is 26.1 Å². The summed E-state index contributed by atoms with van der Waals surface area (Å²) in [4.78, 5) is 34.3. The highest BCUT2D eigenvalue weighted by Gasteiger charge is 2.22. The topological polar surface area (TPSA) is 71.3 Å². The second-order valence-electron chi connectivity index (χ2n) is 8.96. The van der Waals surface area contributed by atoms with Crippen molar-refractivity contribution in [1.29, 1.82) is 0 Å². The molecule has 2 aromatic heterocycles. The lowest BCUT2D eigenvalue weighted by Gasteiger charge is -2.29. The zero-order valence-electron chi connectivity index (χ0n) is 20.1. The Bertz CT molecular complexity index is 1110. The van der Waals surface area contributed by atoms with Crippen molar-refractivity contribution < 1.29 is 9.59 Å². The second-order valence-corrected chi connectivity index (χ2v) is 10.0. The van der Waals surface area contributed by atoms with Gasteiger partial charge in [-0.3, -0.25) is 14.3 Å². The van der Waals surface area contributed by atoms with Crippen molar-refractivity contribution >= 4 is 28.8 Å². The second kappa shape index (κ2) is 11.4. The maximum absolute atomic E-state index is 13.3. The molecular weight excluding hydrogens is 446 g/mol. The molecule has 3 heterocycles. The van der Waals surface area contributed by atoms with Crippen molar-refractivity contribution in [3.63, 3.8) is 0 Å². The van der Waals surface area contributed by atoms with E-state index in [1.165, 1.54) is 0 Å². The van der Waals surface area contributed by atoms with Crippen LogP contribution in [0.25, 0.3) is 0 Å². The Morgan fingerprint density at radius 3 is 2.59 bits per heavy atom. The minimum Gasteiger partial charge on any atom is -0.338 e. The van der Waals surface area contributed by atoms with Gasteiger partial charge in [-0.05, 0) is 43.0 Å². The van der Waals surface area contributed by atoms with Gasteiger partial charge in [-0.15, -0.1) is 11.3 Å². The number of anilines is 1. The molecule has 0 bridgehead atoms. The molecule has 1 aliphatic rings. The first-order chi connectivity index (χ1) is 16.5. The Kier molecular flexibility index (Phi) is 8.11. The van der Waals surface area contributed by atoms with Crippen LogP contribution in [0.4, 0.5) is 5.69 Å². The van der Waals surface area contributed by atoms with Gasteiger partial charge in [0.15, 0.2) is 0 Å². The van der Waals surface area contributed by atoms with Crippen molar-refractivity contribution in [3.8, 4) is 0 Å². The molecule has 0 saturated heterocycles. The van der Waals surface area contributed by atoms with E-state index in [0.717, 1.165) is 66.2 Å². The number of hydrogen-bond donors (Lipinski definition) is 0. The van der Waals surface area contributed by atoms with E-state index in [-0.39, 0.29) is 11.8 Å². The van der Waals surface area contributed by atoms with E-state index in [1.54, 1.807) is 24.5 Å². The largest absolute Gasteiger partial charge is 0.338 e. The van der Waals surface area contributed by atoms with Crippen molar-refractivity contribution in [2.24, 2.45) is 0 Å². The minimum absolute atomic E-state index is 0.0328. The van der Waals surface area contributed by atoms with Gasteiger partial charge in [-0.2, -0.15) is 5.10 Å². The van der Waals surface area contributed by atoms with Crippen LogP contribution in [0.15, 0.2) is 42.0 Å². The highest BCUT2D eigenvalue weighted by molar-refractivity contribution is 7.09. The fourth-order valence-corrected chi connectivity index (χ4v) is 5.09. The van der Waals surface area contributed by atoms with Crippen LogP contribution in [-0.4, -0.2) is 44.6 Å². The predicted octanol–water partition coefficient (Wildman–Crippen LogP) is 4.58. The number of aromatic nitrogens is 3. The van der Waals surface area contributed by atoms with E-state index in [4.69, 9.17) is 0 Å². The lowest BCUT2D eigenvalue weighted by Crippen LogP contribution is -2.35. The van der Waals surface area contributed by atoms with Gasteiger partial charge in [0.05, 0.1) is 23.7 Å². The summed E-state index contributed by atoms with van der Waals surface area (Å²) in [5.41, 5.74) is 3.82. The molecule has 0 aliphatic carbocycles. The Morgan fingerprint density at radius 1 is 1.09 bits per heavy atom. The van der Waals surface area contributed by atoms with Crippen LogP contribution < -0.4 is 4.90 Å². The molecule has 1 aromatic carbocycles. The van der Waals surface area contributed by atoms with E-state index in [2.05, 4.69) is 28.3 Å². The summed E-state index contributed by atoms with van der Waals surface area (Å²) in [5.74, 6) is 0.119. The molecule has 0 atom stereocenters. The molecular formula is C26H33N5O2S. The molecule has 0 fully saturated rings. The highest BCUT2D eigenvalue weighted by atomic mass is 32.1. The van der Waals surface area contributed by atoms with Gasteiger partial charge in [0.25, 0.3) is 0 Å². The third-order valence-corrected chi connectivity index (χ3v) is 7.07. The van der Waals surface area contributed by atoms with E-state index < -0.39 is 0 Å². The molecule has 2 amide bonds. The van der Waals surface area contributed by atoms with Crippen molar-refractivity contribution in [2.75, 3.05) is 18.0 Å². The van der Waals surface area contributed by atoms with Crippen LogP contribution in [0.2, 0.25) is 0 Å². The Hall–Kier alpha value is -3.00. The van der Waals surface area contributed by atoms with Gasteiger partial charge < -0.3 is 9.80 Å². The van der Waals surface area contributed by atoms with Gasteiger partial charge in [-0.1, -0.05) is 31.4 Å². The van der Waals surface area contributed by atoms with Crippen LogP contribution in [-0.2, 0) is 29.1 Å². The van der Waals surface area contributed by atoms with Crippen molar-refractivity contribution in [1.82, 2.24) is 19.7 Å². The summed E-state index contributed by atoms with van der Waals surface area (Å²) in [7, 11) is 0. The summed E-state index contributed by atoms with van der Waals surface area (Å²) >= 11 is 1.57. The number of carbonyl (C=O) groups is 2. The number of amides is 2. The molecule has 34 heavy (non-hydrogen) atoms. The van der Waals surface area contributed by atoms with E-state index in [9.17, 15) is 9.59 Å². The fourth-order valence-electron chi connectivity index (χ4n) is 4.48. The monoisotopic (exact) mass is 479 g/mol. The first kappa shape index (κ1) is 24.1. The zero-order chi connectivity index (χ0) is 23.9. The summed E-state index contributed by atoms with van der Waals surface area (Å²) in [6, 6.07) is 8.15. The normalized spacial score (nSPS) is 15.4. The molecule has 0 saturated carbocycles. The van der Waals surface area contributed by atoms with Crippen LogP contribution in [0, 0.1) is 6.92 Å². The molecule has 7 nitrogen and oxygen atoms in total. The summed E-state index contributed by atoms with van der Waals surface area (Å²) in [5, 5.41) is 7.26. The molecule has 0 N–H and O–H groups in total. The Morgan fingerprint density at radius 2 is 1.88 bits per heavy atom. The third kappa shape index (κ3) is 6.32. The molecule has 8 heteroatoms. The lowest BCUT2D eigenvalue weighted by molar-refractivity contribution is -0.131. The molecule has 0 unspecified atom stereocenters. The number of rotatable bonds is 4. The van der Waals surface area contributed by atoms with Crippen LogP contribution in [0.1, 0.15) is 60.9 Å². The van der Waals surface area contributed by atoms with Gasteiger partial charge in [0, 0.05) is 50.0 Å². The molecule has 0 radical (unpaired) electrons. The zero-order valence-corrected chi connectivity index (χ0v) is 20.9. The smallest absolute Gasteiger partial charge is 0.228 e. The SMILES string of the molecule is CC(=O)N1CCCCCCCN(C(=O)Cc2csc(C)n2)Cc2ccc(Cn3cccn3)cc21. The summed E-state index contributed by atoms with van der Waals surface area (Å²) in [6.45, 7) is 6.13. The maximum Gasteiger partial charge on any atom is 0.228 e. The number of hydrogen-bond acceptors (Lipinski definition) is 5. The number of carbonyl (C=O) groups excluding carboxylic acids is 2. The standard InChI is InChI=1S/C26H33N5O2S/c1-20-28-24(19-34-20)16-26(33)29-12-6-4-3-5-7-14-31(21(2)32)25-15-22(9-10-23(25)18-29)17-30-13-8-11-27-30/h8-11,13,15,19H,3-7,12,14,16-18H2,1-2H3. The van der Waals surface area contributed by atoms with Gasteiger partial charge in [-0.25, -0.2) is 4.98 Å². The first-order valence-electron chi connectivity index (χ1n) is 12.1. The molecule has 4 rings (SSSR count). The molecule has 0 spiro atoms. The van der Waals surface area contributed by atoms with Crippen LogP contribution in [0.5, 0.6) is 0 Å². The summed E-state index contributed by atoms with van der Waals surface area (Å²) in [6.07, 6.45) is 9.28. The molecule has 180 valence electrons. The van der Waals surface area contributed by atoms with Gasteiger partial charge in [0.2, 0.25) is 11.8 Å². The maximum atomic E-state index is 13.3. The third-order valence-electron chi connectivity index (χ3n) is 6.25. The number of aryl methyl sites for hydroxylation is 1. The van der Waals surface area contributed by atoms with Gasteiger partial charge >= 0.3 is 0 Å². The van der Waals surface area contributed by atoms with Crippen molar-refractivity contribution in [2.45, 2.75) is 65.5 Å². The molecule has 3 aromatic rings. The minimum atomic E-state index is 0.0328. The molecule has 1 aliphatic heterocycles. The fraction of sp³-hybridized carbons (Fsp3) is 0.462. The number of benzene rings is 1. The number of fused-ring (bicyclic) bond motifs is 1. The quantitative estimate of drug-likeness (QED) is 0.549. The lowest BCUT2D eigenvalue weighted by atomic mass is 10.0. The van der Waals surface area contributed by atoms with Gasteiger partial charge in [0.1, 0.15) is 0 Å². The summed E-state index contributed by atoms with van der Waals surface area (Å²) < 4.78 is 1.88.